The van der Waals surface area contributed by atoms with E-state index in [1.54, 1.807) is 0 Å². The van der Waals surface area contributed by atoms with Gasteiger partial charge >= 0.3 is 8.60 Å². The molecule has 0 radical (unpaired) electrons. The molecular weight excluding hydrogens is 415 g/mol. The Morgan fingerprint density at radius 1 is 0.375 bits per heavy atom. The molecule has 0 saturated heterocycles. The summed E-state index contributed by atoms with van der Waals surface area (Å²) in [7, 11) is -1.66. The fourth-order valence-electron chi connectivity index (χ4n) is 4.21. The predicted molar refractivity (Wildman–Crippen MR) is 143 cm³/mol. The Hall–Kier alpha value is 0.310. The molecule has 0 aliphatic carbocycles. The highest BCUT2D eigenvalue weighted by atomic mass is 31.2. The molecule has 194 valence electrons. The van der Waals surface area contributed by atoms with Crippen molar-refractivity contribution in [2.24, 2.45) is 0 Å². The van der Waals surface area contributed by atoms with Crippen LogP contribution in [0.25, 0.3) is 0 Å². The molecule has 0 aliphatic heterocycles. The van der Waals surface area contributed by atoms with Gasteiger partial charge in [-0.2, -0.15) is 0 Å². The van der Waals surface area contributed by atoms with E-state index in [1.807, 2.05) is 0 Å². The van der Waals surface area contributed by atoms with Crippen LogP contribution in [0.5, 0.6) is 0 Å². The van der Waals surface area contributed by atoms with E-state index in [0.29, 0.717) is 13.2 Å². The van der Waals surface area contributed by atoms with E-state index >= 15 is 0 Å². The van der Waals surface area contributed by atoms with Crippen LogP contribution in [0.3, 0.4) is 0 Å². The molecule has 0 bridgehead atoms. The quantitative estimate of drug-likeness (QED) is 0.0905. The first-order chi connectivity index (χ1) is 15.8. The fraction of sp³-hybridized carbons (Fsp3) is 1.00. The lowest BCUT2D eigenvalue weighted by Gasteiger charge is -2.10. The minimum Gasteiger partial charge on any atom is -0.328 e. The molecule has 0 aromatic carbocycles. The Kier molecular flexibility index (Phi) is 29.6. The van der Waals surface area contributed by atoms with Crippen molar-refractivity contribution in [3.8, 4) is 0 Å². The second kappa shape index (κ2) is 29.3. The molecule has 0 saturated carbocycles. The zero-order valence-corrected chi connectivity index (χ0v) is 23.0. The van der Waals surface area contributed by atoms with Crippen LogP contribution in [-0.4, -0.2) is 18.1 Å². The maximum absolute atomic E-state index is 9.82. The molecule has 0 aliphatic rings. The topological polar surface area (TPSA) is 38.7 Å². The normalized spacial score (nSPS) is 11.6. The maximum Gasteiger partial charge on any atom is 0.329 e. The zero-order valence-electron chi connectivity index (χ0n) is 22.1. The molecule has 0 aromatic heterocycles. The summed E-state index contributed by atoms with van der Waals surface area (Å²) in [6.45, 7) is 5.83. The van der Waals surface area contributed by atoms with Crippen molar-refractivity contribution in [3.05, 3.63) is 0 Å². The Bertz CT molecular complexity index is 298. The van der Waals surface area contributed by atoms with E-state index in [4.69, 9.17) is 9.05 Å². The molecule has 0 spiro atoms. The van der Waals surface area contributed by atoms with Crippen LogP contribution in [0.1, 0.15) is 168 Å². The van der Waals surface area contributed by atoms with Gasteiger partial charge in [0.15, 0.2) is 0 Å². The summed E-state index contributed by atoms with van der Waals surface area (Å²) in [5.41, 5.74) is 0. The van der Waals surface area contributed by atoms with Gasteiger partial charge in [-0.3, -0.25) is 0 Å². The first-order valence-corrected chi connectivity index (χ1v) is 15.7. The average Bonchev–Trinajstić information content (AvgIpc) is 2.80. The molecule has 0 unspecified atom stereocenters. The Morgan fingerprint density at radius 2 is 0.594 bits per heavy atom. The Morgan fingerprint density at radius 3 is 0.844 bits per heavy atom. The SMILES string of the molecule is CCCCCCCCCCCCCCOP(O)OCCCCCCCCCCCCCC. The Balaban J connectivity index is 3.13. The molecule has 0 heterocycles. The second-order valence-electron chi connectivity index (χ2n) is 9.68. The van der Waals surface area contributed by atoms with Gasteiger partial charge in [-0.15, -0.1) is 0 Å². The molecule has 3 nitrogen and oxygen atoms in total. The lowest BCUT2D eigenvalue weighted by Crippen LogP contribution is -1.95. The van der Waals surface area contributed by atoms with Crippen LogP contribution >= 0.6 is 8.60 Å². The van der Waals surface area contributed by atoms with Gasteiger partial charge in [-0.25, -0.2) is 0 Å². The van der Waals surface area contributed by atoms with Gasteiger partial charge in [0, 0.05) is 0 Å². The number of rotatable bonds is 28. The van der Waals surface area contributed by atoms with E-state index in [0.717, 1.165) is 12.8 Å². The van der Waals surface area contributed by atoms with Crippen LogP contribution in [0, 0.1) is 0 Å². The van der Waals surface area contributed by atoms with Gasteiger partial charge in [-0.1, -0.05) is 155 Å². The summed E-state index contributed by atoms with van der Waals surface area (Å²) < 4.78 is 10.9. The summed E-state index contributed by atoms with van der Waals surface area (Å²) in [5.74, 6) is 0. The first-order valence-electron chi connectivity index (χ1n) is 14.6. The molecule has 0 rings (SSSR count). The molecule has 4 heteroatoms. The minimum atomic E-state index is -1.66. The lowest BCUT2D eigenvalue weighted by atomic mass is 10.1. The van der Waals surface area contributed by atoms with E-state index in [9.17, 15) is 4.89 Å². The molecule has 0 amide bonds. The summed E-state index contributed by atoms with van der Waals surface area (Å²) in [4.78, 5) is 9.82. The predicted octanol–water partition coefficient (Wildman–Crippen LogP) is 10.6. The first kappa shape index (κ1) is 32.3. The van der Waals surface area contributed by atoms with Crippen molar-refractivity contribution in [2.45, 2.75) is 168 Å². The van der Waals surface area contributed by atoms with Crippen LogP contribution in [0.4, 0.5) is 0 Å². The highest BCUT2D eigenvalue weighted by molar-refractivity contribution is 7.40. The van der Waals surface area contributed by atoms with Gasteiger partial charge < -0.3 is 13.9 Å². The second-order valence-corrected chi connectivity index (χ2v) is 10.7. The maximum atomic E-state index is 9.82. The van der Waals surface area contributed by atoms with Crippen molar-refractivity contribution in [2.75, 3.05) is 13.2 Å². The lowest BCUT2D eigenvalue weighted by molar-refractivity contribution is 0.193. The van der Waals surface area contributed by atoms with Crippen molar-refractivity contribution in [1.29, 1.82) is 0 Å². The molecule has 0 fully saturated rings. The minimum absolute atomic E-state index is 0.637. The standard InChI is InChI=1S/C28H59O3P/c1-3-5-7-9-11-13-15-17-19-21-23-25-27-30-32(29)31-28-26-24-22-20-18-16-14-12-10-8-6-4-2/h29H,3-28H2,1-2H3. The molecular formula is C28H59O3P. The van der Waals surface area contributed by atoms with Crippen molar-refractivity contribution in [3.63, 3.8) is 0 Å². The highest BCUT2D eigenvalue weighted by Crippen LogP contribution is 2.33. The van der Waals surface area contributed by atoms with Crippen molar-refractivity contribution in [1.82, 2.24) is 0 Å². The number of unbranched alkanes of at least 4 members (excludes halogenated alkanes) is 22. The smallest absolute Gasteiger partial charge is 0.328 e. The monoisotopic (exact) mass is 474 g/mol. The van der Waals surface area contributed by atoms with Crippen LogP contribution < -0.4 is 0 Å². The van der Waals surface area contributed by atoms with E-state index < -0.39 is 8.60 Å². The van der Waals surface area contributed by atoms with Gasteiger partial charge in [0.05, 0.1) is 13.2 Å². The summed E-state index contributed by atoms with van der Waals surface area (Å²) >= 11 is 0. The van der Waals surface area contributed by atoms with E-state index in [2.05, 4.69) is 13.8 Å². The summed E-state index contributed by atoms with van der Waals surface area (Å²) in [5, 5.41) is 0. The summed E-state index contributed by atoms with van der Waals surface area (Å²) in [6, 6.07) is 0. The molecule has 1 N–H and O–H groups in total. The Labute approximate surface area is 203 Å². The third-order valence-corrected chi connectivity index (χ3v) is 7.21. The largest absolute Gasteiger partial charge is 0.329 e. The van der Waals surface area contributed by atoms with E-state index in [-0.39, 0.29) is 0 Å². The van der Waals surface area contributed by atoms with Gasteiger partial charge in [0.1, 0.15) is 0 Å². The number of hydrogen-bond donors (Lipinski definition) is 1. The van der Waals surface area contributed by atoms with Gasteiger partial charge in [0.2, 0.25) is 0 Å². The highest BCUT2D eigenvalue weighted by Gasteiger charge is 2.05. The molecule has 0 atom stereocenters. The third kappa shape index (κ3) is 28.3. The molecule has 0 aromatic rings. The van der Waals surface area contributed by atoms with Crippen molar-refractivity contribution >= 4 is 8.60 Å². The average molecular weight is 475 g/mol. The van der Waals surface area contributed by atoms with Crippen LogP contribution in [0.15, 0.2) is 0 Å². The van der Waals surface area contributed by atoms with E-state index in [1.165, 1.54) is 141 Å². The third-order valence-electron chi connectivity index (χ3n) is 6.40. The fourth-order valence-corrected chi connectivity index (χ4v) is 4.85. The molecule has 32 heavy (non-hydrogen) atoms. The zero-order chi connectivity index (χ0) is 23.4. The summed E-state index contributed by atoms with van der Waals surface area (Å²) in [6.07, 6.45) is 32.2. The van der Waals surface area contributed by atoms with Crippen LogP contribution in [0.2, 0.25) is 0 Å². The van der Waals surface area contributed by atoms with Gasteiger partial charge in [-0.05, 0) is 12.8 Å². The van der Waals surface area contributed by atoms with Gasteiger partial charge in [0.25, 0.3) is 0 Å². The number of hydrogen-bond acceptors (Lipinski definition) is 3. The van der Waals surface area contributed by atoms with Crippen LogP contribution in [-0.2, 0) is 9.05 Å². The van der Waals surface area contributed by atoms with Crippen molar-refractivity contribution < 1.29 is 13.9 Å².